The molecule has 6 nitrogen and oxygen atoms in total. The molecule has 1 aliphatic rings. The molecule has 2 aromatic carbocycles. The van der Waals surface area contributed by atoms with Gasteiger partial charge in [0, 0.05) is 10.9 Å². The van der Waals surface area contributed by atoms with E-state index in [2.05, 4.69) is 0 Å². The summed E-state index contributed by atoms with van der Waals surface area (Å²) in [5.74, 6) is -2.00. The Kier molecular flexibility index (Phi) is 5.58. The van der Waals surface area contributed by atoms with E-state index in [9.17, 15) is 18.8 Å². The molecule has 0 spiro atoms. The number of hydrogen-bond donors (Lipinski definition) is 0. The van der Waals surface area contributed by atoms with Gasteiger partial charge in [0.2, 0.25) is 12.2 Å². The summed E-state index contributed by atoms with van der Waals surface area (Å²) in [7, 11) is 0. The lowest BCUT2D eigenvalue weighted by Gasteiger charge is -2.33. The summed E-state index contributed by atoms with van der Waals surface area (Å²) in [5.41, 5.74) is 0.0683. The maximum absolute atomic E-state index is 14.9. The predicted molar refractivity (Wildman–Crippen MR) is 120 cm³/mol. The zero-order valence-electron chi connectivity index (χ0n) is 18.1. The highest BCUT2D eigenvalue weighted by molar-refractivity contribution is 8.00. The van der Waals surface area contributed by atoms with Gasteiger partial charge in [-0.15, -0.1) is 0 Å². The molecule has 1 aromatic heterocycles. The Morgan fingerprint density at radius 1 is 1.12 bits per heavy atom. The summed E-state index contributed by atoms with van der Waals surface area (Å²) in [4.78, 5) is 37.7. The molecule has 0 radical (unpaired) electrons. The van der Waals surface area contributed by atoms with Crippen LogP contribution in [0.5, 0.6) is 0 Å². The monoisotopic (exact) mass is 455 g/mol. The lowest BCUT2D eigenvalue weighted by atomic mass is 9.98. The zero-order valence-corrected chi connectivity index (χ0v) is 18.9. The number of halogens is 1. The zero-order chi connectivity index (χ0) is 23.2. The first-order valence-electron chi connectivity index (χ1n) is 10.1. The Morgan fingerprint density at radius 2 is 1.81 bits per heavy atom. The van der Waals surface area contributed by atoms with Crippen molar-refractivity contribution in [1.82, 2.24) is 4.57 Å². The number of nitrogens with zero attached hydrogens (tertiary/aromatic N) is 1. The Labute approximate surface area is 188 Å². The summed E-state index contributed by atoms with van der Waals surface area (Å²) in [6.07, 6.45) is 0. The highest BCUT2D eigenvalue weighted by Crippen LogP contribution is 2.46. The van der Waals surface area contributed by atoms with Crippen molar-refractivity contribution in [3.05, 3.63) is 64.1 Å². The lowest BCUT2D eigenvalue weighted by molar-refractivity contribution is -0.161. The standard InChI is InChI=1S/C24H22FNO5S/c1-13-26-18-11-15(14-8-6-5-7-9-14)17(25)10-16(18)20(27)19(21(26)32-13)22(28)30-12-31-23(29)24(2,3)4/h5-11,13H,12H2,1-4H3. The average Bonchev–Trinajstić information content (AvgIpc) is 2.73. The van der Waals surface area contributed by atoms with Gasteiger partial charge < -0.3 is 14.0 Å². The van der Waals surface area contributed by atoms with E-state index in [0.717, 1.165) is 0 Å². The van der Waals surface area contributed by atoms with Crippen LogP contribution in [0.1, 0.15) is 43.4 Å². The minimum Gasteiger partial charge on any atom is -0.427 e. The number of thioether (sulfide) groups is 1. The van der Waals surface area contributed by atoms with Gasteiger partial charge in [-0.1, -0.05) is 42.1 Å². The summed E-state index contributed by atoms with van der Waals surface area (Å²) in [6, 6.07) is 11.9. The lowest BCUT2D eigenvalue weighted by Crippen LogP contribution is -2.30. The molecule has 4 rings (SSSR count). The molecule has 1 atom stereocenters. The SMILES string of the molecule is CC1Sc2c(C(=O)OCOC(=O)C(C)(C)C)c(=O)c3cc(F)c(-c4ccccc4)cc3n21. The Bertz CT molecular complexity index is 1290. The topological polar surface area (TPSA) is 74.6 Å². The molecule has 32 heavy (non-hydrogen) atoms. The van der Waals surface area contributed by atoms with Crippen molar-refractivity contribution < 1.29 is 23.5 Å². The van der Waals surface area contributed by atoms with E-state index in [1.807, 2.05) is 29.7 Å². The van der Waals surface area contributed by atoms with Crippen LogP contribution in [0, 0.1) is 11.2 Å². The molecular formula is C24H22FNO5S. The maximum atomic E-state index is 14.9. The number of esters is 2. The van der Waals surface area contributed by atoms with Crippen LogP contribution in [-0.2, 0) is 14.3 Å². The number of fused-ring (bicyclic) bond motifs is 3. The van der Waals surface area contributed by atoms with E-state index < -0.39 is 35.4 Å². The van der Waals surface area contributed by atoms with Crippen LogP contribution < -0.4 is 5.43 Å². The fourth-order valence-corrected chi connectivity index (χ4v) is 4.64. The van der Waals surface area contributed by atoms with Crippen molar-refractivity contribution in [2.75, 3.05) is 6.79 Å². The summed E-state index contributed by atoms with van der Waals surface area (Å²) >= 11 is 1.35. The molecule has 2 heterocycles. The van der Waals surface area contributed by atoms with Crippen molar-refractivity contribution in [1.29, 1.82) is 0 Å². The van der Waals surface area contributed by atoms with Crippen LogP contribution in [0.2, 0.25) is 0 Å². The molecule has 1 aliphatic heterocycles. The molecule has 166 valence electrons. The van der Waals surface area contributed by atoms with Crippen LogP contribution in [0.25, 0.3) is 22.0 Å². The van der Waals surface area contributed by atoms with Gasteiger partial charge >= 0.3 is 11.9 Å². The van der Waals surface area contributed by atoms with Crippen molar-refractivity contribution in [2.45, 2.75) is 38.1 Å². The smallest absolute Gasteiger partial charge is 0.347 e. The second kappa shape index (κ2) is 8.09. The number of aromatic nitrogens is 1. The van der Waals surface area contributed by atoms with Gasteiger partial charge in [-0.05, 0) is 45.4 Å². The second-order valence-electron chi connectivity index (χ2n) is 8.54. The van der Waals surface area contributed by atoms with E-state index in [1.165, 1.54) is 17.8 Å². The minimum absolute atomic E-state index is 0.0487. The van der Waals surface area contributed by atoms with Crippen LogP contribution >= 0.6 is 11.8 Å². The normalized spacial score (nSPS) is 15.1. The van der Waals surface area contributed by atoms with Gasteiger partial charge in [0.25, 0.3) is 0 Å². The Balaban J connectivity index is 1.74. The van der Waals surface area contributed by atoms with Gasteiger partial charge in [-0.25, -0.2) is 9.18 Å². The number of carbonyl (C=O) groups excluding carboxylic acids is 2. The fraction of sp³-hybridized carbons (Fsp3) is 0.292. The van der Waals surface area contributed by atoms with Crippen LogP contribution in [0.4, 0.5) is 4.39 Å². The largest absolute Gasteiger partial charge is 0.427 e. The molecule has 1 unspecified atom stereocenters. The van der Waals surface area contributed by atoms with Gasteiger partial charge in [0.15, 0.2) is 0 Å². The number of ether oxygens (including phenoxy) is 2. The second-order valence-corrected chi connectivity index (χ2v) is 9.85. The van der Waals surface area contributed by atoms with E-state index in [4.69, 9.17) is 9.47 Å². The summed E-state index contributed by atoms with van der Waals surface area (Å²) in [5, 5.41) is 0.497. The molecule has 0 bridgehead atoms. The highest BCUT2D eigenvalue weighted by Gasteiger charge is 2.34. The van der Waals surface area contributed by atoms with Crippen LogP contribution in [-0.4, -0.2) is 23.3 Å². The van der Waals surface area contributed by atoms with Crippen LogP contribution in [0.15, 0.2) is 52.3 Å². The fourth-order valence-electron chi connectivity index (χ4n) is 3.49. The van der Waals surface area contributed by atoms with Gasteiger partial charge in [0.1, 0.15) is 11.4 Å². The molecule has 0 N–H and O–H groups in total. The Morgan fingerprint density at radius 3 is 2.44 bits per heavy atom. The van der Waals surface area contributed by atoms with Gasteiger partial charge in [0.05, 0.1) is 21.3 Å². The maximum Gasteiger partial charge on any atom is 0.347 e. The van der Waals surface area contributed by atoms with E-state index >= 15 is 0 Å². The first kappa shape index (κ1) is 22.1. The molecular weight excluding hydrogens is 433 g/mol. The first-order chi connectivity index (χ1) is 15.1. The number of benzene rings is 2. The molecule has 0 fully saturated rings. The summed E-state index contributed by atoms with van der Waals surface area (Å²) in [6.45, 7) is 6.34. The predicted octanol–water partition coefficient (Wildman–Crippen LogP) is 5.14. The average molecular weight is 456 g/mol. The molecule has 0 saturated heterocycles. The third kappa shape index (κ3) is 3.79. The highest BCUT2D eigenvalue weighted by atomic mass is 32.2. The Hall–Kier alpha value is -3.13. The third-order valence-electron chi connectivity index (χ3n) is 5.18. The first-order valence-corrected chi connectivity index (χ1v) is 11.0. The number of pyridine rings is 1. The van der Waals surface area contributed by atoms with Crippen molar-refractivity contribution in [3.63, 3.8) is 0 Å². The number of carbonyl (C=O) groups is 2. The number of hydrogen-bond acceptors (Lipinski definition) is 6. The van der Waals surface area contributed by atoms with Crippen molar-refractivity contribution in [2.24, 2.45) is 5.41 Å². The van der Waals surface area contributed by atoms with Gasteiger partial charge in [-0.3, -0.25) is 9.59 Å². The van der Waals surface area contributed by atoms with E-state index in [1.54, 1.807) is 39.0 Å². The molecule has 8 heteroatoms. The van der Waals surface area contributed by atoms with E-state index in [0.29, 0.717) is 21.7 Å². The minimum atomic E-state index is -0.908. The quantitative estimate of drug-likeness (QED) is 0.401. The molecule has 0 aliphatic carbocycles. The van der Waals surface area contributed by atoms with Crippen molar-refractivity contribution in [3.8, 4) is 11.1 Å². The molecule has 0 amide bonds. The molecule has 0 saturated carbocycles. The van der Waals surface area contributed by atoms with Crippen LogP contribution in [0.3, 0.4) is 0 Å². The summed E-state index contributed by atoms with van der Waals surface area (Å²) < 4.78 is 26.8. The van der Waals surface area contributed by atoms with E-state index in [-0.39, 0.29) is 16.3 Å². The number of rotatable bonds is 4. The van der Waals surface area contributed by atoms with Crippen molar-refractivity contribution >= 4 is 34.6 Å². The molecule has 3 aromatic rings. The van der Waals surface area contributed by atoms with Gasteiger partial charge in [-0.2, -0.15) is 0 Å². The third-order valence-corrected chi connectivity index (χ3v) is 6.35.